The van der Waals surface area contributed by atoms with E-state index in [4.69, 9.17) is 32.7 Å². The molecule has 0 bridgehead atoms. The van der Waals surface area contributed by atoms with Crippen molar-refractivity contribution in [3.63, 3.8) is 0 Å². The molecule has 6 aromatic rings. The van der Waals surface area contributed by atoms with Crippen LogP contribution in [-0.4, -0.2) is 36.9 Å². The number of ether oxygens (including phenoxy) is 2. The maximum absolute atomic E-state index is 13.9. The van der Waals surface area contributed by atoms with Crippen LogP contribution in [0.1, 0.15) is 26.7 Å². The van der Waals surface area contributed by atoms with Crippen molar-refractivity contribution in [1.82, 2.24) is 10.3 Å². The smallest absolute Gasteiger partial charge is 0.272 e. The largest absolute Gasteiger partial charge is 0.493 e. The van der Waals surface area contributed by atoms with Gasteiger partial charge in [0.1, 0.15) is 10.9 Å². The Morgan fingerprint density at radius 1 is 0.796 bits per heavy atom. The fourth-order valence-corrected chi connectivity index (χ4v) is 7.40. The maximum Gasteiger partial charge on any atom is 0.272 e. The number of anilines is 2. The number of nitrogens with one attached hydrogen (secondary N) is 3. The van der Waals surface area contributed by atoms with Gasteiger partial charge in [0.25, 0.3) is 11.8 Å². The minimum atomic E-state index is -0.671. The average molecular weight is 796 g/mol. The Balaban J connectivity index is 1.24. The van der Waals surface area contributed by atoms with Gasteiger partial charge in [-0.15, -0.1) is 23.1 Å². The second-order valence-corrected chi connectivity index (χ2v) is 14.4. The van der Waals surface area contributed by atoms with E-state index in [1.807, 2.05) is 47.8 Å². The molecule has 0 saturated heterocycles. The Morgan fingerprint density at radius 3 is 2.26 bits per heavy atom. The lowest BCUT2D eigenvalue weighted by atomic mass is 10.1. The number of hydrogen-bond donors (Lipinski definition) is 3. The number of methoxy groups -OCH3 is 2. The number of halogens is 2. The summed E-state index contributed by atoms with van der Waals surface area (Å²) in [4.78, 5) is 46.3. The molecule has 0 aliphatic heterocycles. The Labute approximate surface area is 330 Å². The van der Waals surface area contributed by atoms with E-state index < -0.39 is 17.1 Å². The summed E-state index contributed by atoms with van der Waals surface area (Å²) in [5, 5.41) is 11.1. The van der Waals surface area contributed by atoms with Gasteiger partial charge in [0, 0.05) is 32.7 Å². The van der Waals surface area contributed by atoms with E-state index >= 15 is 0 Å². The van der Waals surface area contributed by atoms with Crippen LogP contribution in [0.5, 0.6) is 11.5 Å². The predicted octanol–water partition coefficient (Wildman–Crippen LogP) is 10.0. The first kappa shape index (κ1) is 38.1. The van der Waals surface area contributed by atoms with Crippen LogP contribution >= 0.6 is 46.3 Å². The Bertz CT molecular complexity index is 2320. The Morgan fingerprint density at radius 2 is 1.54 bits per heavy atom. The number of thioether (sulfide) groups is 1. The van der Waals surface area contributed by atoms with Crippen molar-refractivity contribution >= 4 is 80.9 Å². The number of benzene rings is 5. The summed E-state index contributed by atoms with van der Waals surface area (Å²) in [5.41, 5.74) is 3.51. The van der Waals surface area contributed by atoms with Crippen molar-refractivity contribution in [2.45, 2.75) is 10.1 Å². The summed E-state index contributed by atoms with van der Waals surface area (Å²) >= 11 is 14.9. The van der Waals surface area contributed by atoms with Gasteiger partial charge in [-0.1, -0.05) is 96.0 Å². The number of hydrogen-bond acceptors (Lipinski definition) is 8. The molecule has 0 aliphatic rings. The molecule has 272 valence electrons. The van der Waals surface area contributed by atoms with Gasteiger partial charge in [0.2, 0.25) is 5.91 Å². The topological polar surface area (TPSA) is 119 Å². The number of thiazole rings is 1. The standard InChI is InChI=1S/C41H32Cl2N4O5S2/c1-51-35-18-9-15-28(36(35)52-2)22-33(45-38(48)26-13-7-4-8-14-26)39(49)44-29-16-10-17-30(23-29)54-37(25-11-5-3-6-12-25)40(50)47-41-46-34(24-53-41)27-19-20-31(42)32(43)21-27/h3-24,37H,1-2H3,(H,44,49)(H,45,48)(H,46,47,50)/b33-22+. The van der Waals surface area contributed by atoms with Crippen LogP contribution in [-0.2, 0) is 9.59 Å². The second kappa shape index (κ2) is 18.0. The SMILES string of the molecule is COc1cccc(/C=C(/NC(=O)c2ccccc2)C(=O)Nc2cccc(SC(C(=O)Nc3nc(-c4ccc(Cl)c(Cl)c4)cs3)c3ccccc3)c2)c1OC. The molecule has 0 saturated carbocycles. The van der Waals surface area contributed by atoms with Gasteiger partial charge >= 0.3 is 0 Å². The third kappa shape index (κ3) is 9.49. The molecule has 3 amide bonds. The van der Waals surface area contributed by atoms with E-state index in [0.29, 0.717) is 54.1 Å². The number of rotatable bonds is 13. The van der Waals surface area contributed by atoms with Crippen LogP contribution in [0.15, 0.2) is 137 Å². The van der Waals surface area contributed by atoms with E-state index in [0.717, 1.165) is 11.1 Å². The highest BCUT2D eigenvalue weighted by molar-refractivity contribution is 8.00. The monoisotopic (exact) mass is 794 g/mol. The van der Waals surface area contributed by atoms with Gasteiger partial charge in [-0.05, 0) is 60.2 Å². The molecule has 5 aromatic carbocycles. The molecule has 0 radical (unpaired) electrons. The number of aromatic nitrogens is 1. The Hall–Kier alpha value is -5.59. The van der Waals surface area contributed by atoms with Crippen LogP contribution in [0.25, 0.3) is 17.3 Å². The van der Waals surface area contributed by atoms with Crippen LogP contribution in [0.4, 0.5) is 10.8 Å². The molecule has 9 nitrogen and oxygen atoms in total. The molecule has 6 rings (SSSR count). The second-order valence-electron chi connectivity index (χ2n) is 11.5. The van der Waals surface area contributed by atoms with Crippen LogP contribution in [0.3, 0.4) is 0 Å². The summed E-state index contributed by atoms with van der Waals surface area (Å²) in [6.45, 7) is 0. The fraction of sp³-hybridized carbons (Fsp3) is 0.0732. The van der Waals surface area contributed by atoms with Gasteiger partial charge in [-0.2, -0.15) is 0 Å². The van der Waals surface area contributed by atoms with Gasteiger partial charge in [-0.25, -0.2) is 4.98 Å². The summed E-state index contributed by atoms with van der Waals surface area (Å²) in [5.74, 6) is -0.471. The highest BCUT2D eigenvalue weighted by Crippen LogP contribution is 2.38. The first-order valence-corrected chi connectivity index (χ1v) is 18.9. The number of carbonyl (C=O) groups excluding carboxylic acids is 3. The molecule has 0 spiro atoms. The molecule has 0 fully saturated rings. The first-order chi connectivity index (χ1) is 26.2. The van der Waals surface area contributed by atoms with E-state index in [1.54, 1.807) is 78.9 Å². The van der Waals surface area contributed by atoms with Crippen molar-refractivity contribution in [2.24, 2.45) is 0 Å². The lowest BCUT2D eigenvalue weighted by Crippen LogP contribution is -2.30. The van der Waals surface area contributed by atoms with Crippen LogP contribution in [0, 0.1) is 0 Å². The van der Waals surface area contributed by atoms with Crippen molar-refractivity contribution in [3.8, 4) is 22.8 Å². The fourth-order valence-electron chi connectivity index (χ4n) is 5.30. The number of nitrogens with zero attached hydrogens (tertiary/aromatic N) is 1. The quantitative estimate of drug-likeness (QED) is 0.0787. The van der Waals surface area contributed by atoms with E-state index in [1.165, 1.54) is 43.4 Å². The molecule has 1 atom stereocenters. The number of carbonyl (C=O) groups is 3. The van der Waals surface area contributed by atoms with Crippen molar-refractivity contribution in [1.29, 1.82) is 0 Å². The third-order valence-electron chi connectivity index (χ3n) is 7.90. The van der Waals surface area contributed by atoms with Crippen molar-refractivity contribution < 1.29 is 23.9 Å². The minimum Gasteiger partial charge on any atom is -0.493 e. The molecule has 1 aromatic heterocycles. The zero-order valence-electron chi connectivity index (χ0n) is 28.8. The van der Waals surface area contributed by atoms with E-state index in [2.05, 4.69) is 20.9 Å². The zero-order valence-corrected chi connectivity index (χ0v) is 32.0. The lowest BCUT2D eigenvalue weighted by molar-refractivity contribution is -0.116. The Kier molecular flexibility index (Phi) is 12.7. The van der Waals surface area contributed by atoms with Gasteiger partial charge in [0.15, 0.2) is 16.6 Å². The molecular formula is C41H32Cl2N4O5S2. The summed E-state index contributed by atoms with van der Waals surface area (Å²) in [7, 11) is 3.01. The molecule has 13 heteroatoms. The third-order valence-corrected chi connectivity index (χ3v) is 10.6. The van der Waals surface area contributed by atoms with Gasteiger partial charge < -0.3 is 25.4 Å². The molecule has 3 N–H and O–H groups in total. The summed E-state index contributed by atoms with van der Waals surface area (Å²) in [6.07, 6.45) is 1.53. The molecule has 54 heavy (non-hydrogen) atoms. The van der Waals surface area contributed by atoms with E-state index in [-0.39, 0.29) is 11.6 Å². The van der Waals surface area contributed by atoms with Crippen molar-refractivity contribution in [2.75, 3.05) is 24.9 Å². The highest BCUT2D eigenvalue weighted by atomic mass is 35.5. The molecule has 0 aliphatic carbocycles. The van der Waals surface area contributed by atoms with Gasteiger partial charge in [0.05, 0.1) is 30.0 Å². The molecular weight excluding hydrogens is 764 g/mol. The summed E-state index contributed by atoms with van der Waals surface area (Å²) in [6, 6.07) is 35.5. The first-order valence-electron chi connectivity index (χ1n) is 16.4. The zero-order chi connectivity index (χ0) is 38.0. The number of para-hydroxylation sites is 1. The van der Waals surface area contributed by atoms with Crippen molar-refractivity contribution in [3.05, 3.63) is 159 Å². The maximum atomic E-state index is 13.9. The molecule has 1 heterocycles. The lowest BCUT2D eigenvalue weighted by Gasteiger charge is -2.17. The van der Waals surface area contributed by atoms with E-state index in [9.17, 15) is 14.4 Å². The molecule has 1 unspecified atom stereocenters. The van der Waals surface area contributed by atoms with Crippen LogP contribution < -0.4 is 25.4 Å². The number of amides is 3. The predicted molar refractivity (Wildman–Crippen MR) is 218 cm³/mol. The minimum absolute atomic E-state index is 0.0290. The normalized spacial score (nSPS) is 11.7. The summed E-state index contributed by atoms with van der Waals surface area (Å²) < 4.78 is 11.0. The highest BCUT2D eigenvalue weighted by Gasteiger charge is 2.24. The van der Waals surface area contributed by atoms with Gasteiger partial charge in [-0.3, -0.25) is 14.4 Å². The van der Waals surface area contributed by atoms with Crippen LogP contribution in [0.2, 0.25) is 10.0 Å². The average Bonchev–Trinajstić information content (AvgIpc) is 3.66.